The molecule has 0 fully saturated rings. The number of nitrogens with zero attached hydrogens (tertiary/aromatic N) is 2. The number of carbonyl (C=O) groups is 2. The molecule has 0 spiro atoms. The number of carbonyl (C=O) groups excluding carboxylic acids is 2. The van der Waals surface area contributed by atoms with E-state index in [0.29, 0.717) is 30.2 Å². The number of para-hydroxylation sites is 2. The SMILES string of the molecule is CCOC(=O)Cn1c(CCNC(=O)c2cccc(Cl)c2)nc2ccccc21. The van der Waals surface area contributed by atoms with E-state index in [2.05, 4.69) is 10.3 Å². The van der Waals surface area contributed by atoms with Gasteiger partial charge in [0.25, 0.3) is 5.91 Å². The van der Waals surface area contributed by atoms with Crippen molar-refractivity contribution in [1.82, 2.24) is 14.9 Å². The van der Waals surface area contributed by atoms with E-state index in [9.17, 15) is 9.59 Å². The number of imidazole rings is 1. The first-order valence-corrected chi connectivity index (χ1v) is 9.10. The fourth-order valence-corrected chi connectivity index (χ4v) is 3.04. The molecule has 0 aliphatic rings. The van der Waals surface area contributed by atoms with Gasteiger partial charge in [0.2, 0.25) is 0 Å². The van der Waals surface area contributed by atoms with Crippen molar-refractivity contribution in [2.24, 2.45) is 0 Å². The molecule has 2 aromatic carbocycles. The Morgan fingerprint density at radius 1 is 1.19 bits per heavy atom. The second-order valence-corrected chi connectivity index (χ2v) is 6.36. The fraction of sp³-hybridized carbons (Fsp3) is 0.250. The fourth-order valence-electron chi connectivity index (χ4n) is 2.85. The molecule has 3 aromatic rings. The van der Waals surface area contributed by atoms with E-state index in [-0.39, 0.29) is 18.4 Å². The second-order valence-electron chi connectivity index (χ2n) is 5.92. The molecule has 0 atom stereocenters. The molecule has 0 aliphatic carbocycles. The first-order chi connectivity index (χ1) is 13.1. The third-order valence-corrected chi connectivity index (χ3v) is 4.28. The lowest BCUT2D eigenvalue weighted by molar-refractivity contribution is -0.143. The van der Waals surface area contributed by atoms with Crippen LogP contribution in [-0.4, -0.2) is 34.6 Å². The van der Waals surface area contributed by atoms with Crippen LogP contribution in [0.1, 0.15) is 23.1 Å². The predicted octanol–water partition coefficient (Wildman–Crippen LogP) is 3.23. The summed E-state index contributed by atoms with van der Waals surface area (Å²) in [4.78, 5) is 28.8. The Bertz CT molecular complexity index is 968. The first kappa shape index (κ1) is 18.9. The van der Waals surface area contributed by atoms with Crippen molar-refractivity contribution in [3.05, 3.63) is 64.9 Å². The van der Waals surface area contributed by atoms with Gasteiger partial charge in [-0.15, -0.1) is 0 Å². The van der Waals surface area contributed by atoms with Gasteiger partial charge < -0.3 is 14.6 Å². The minimum absolute atomic E-state index is 0.0892. The smallest absolute Gasteiger partial charge is 0.326 e. The predicted molar refractivity (Wildman–Crippen MR) is 104 cm³/mol. The number of ether oxygens (including phenoxy) is 1. The van der Waals surface area contributed by atoms with Crippen molar-refractivity contribution in [2.45, 2.75) is 19.9 Å². The van der Waals surface area contributed by atoms with E-state index in [1.54, 1.807) is 31.2 Å². The molecule has 27 heavy (non-hydrogen) atoms. The molecule has 1 amide bonds. The highest BCUT2D eigenvalue weighted by molar-refractivity contribution is 6.30. The molecule has 0 radical (unpaired) electrons. The molecule has 0 aliphatic heterocycles. The van der Waals surface area contributed by atoms with Gasteiger partial charge in [0.1, 0.15) is 12.4 Å². The third kappa shape index (κ3) is 4.65. The van der Waals surface area contributed by atoms with Gasteiger partial charge in [0.15, 0.2) is 0 Å². The maximum atomic E-state index is 12.2. The summed E-state index contributed by atoms with van der Waals surface area (Å²) in [5, 5.41) is 3.37. The van der Waals surface area contributed by atoms with Gasteiger partial charge in [-0.25, -0.2) is 4.98 Å². The molecule has 1 N–H and O–H groups in total. The van der Waals surface area contributed by atoms with Crippen LogP contribution in [-0.2, 0) is 22.5 Å². The summed E-state index contributed by atoms with van der Waals surface area (Å²) >= 11 is 5.92. The van der Waals surface area contributed by atoms with Crippen LogP contribution < -0.4 is 5.32 Å². The molecule has 0 unspecified atom stereocenters. The van der Waals surface area contributed by atoms with Crippen molar-refractivity contribution in [3.8, 4) is 0 Å². The van der Waals surface area contributed by atoms with Crippen LogP contribution in [0, 0.1) is 0 Å². The molecule has 0 saturated heterocycles. The van der Waals surface area contributed by atoms with E-state index < -0.39 is 0 Å². The number of hydrogen-bond donors (Lipinski definition) is 1. The summed E-state index contributed by atoms with van der Waals surface area (Å²) in [6.45, 7) is 2.58. The monoisotopic (exact) mass is 385 g/mol. The molecule has 7 heteroatoms. The summed E-state index contributed by atoms with van der Waals surface area (Å²) < 4.78 is 6.89. The van der Waals surface area contributed by atoms with Gasteiger partial charge in [-0.2, -0.15) is 0 Å². The lowest BCUT2D eigenvalue weighted by Gasteiger charge is -2.09. The van der Waals surface area contributed by atoms with Crippen LogP contribution in [0.3, 0.4) is 0 Å². The van der Waals surface area contributed by atoms with Crippen LogP contribution >= 0.6 is 11.6 Å². The molecular formula is C20H20ClN3O3. The number of amides is 1. The zero-order valence-electron chi connectivity index (χ0n) is 14.9. The summed E-state index contributed by atoms with van der Waals surface area (Å²) in [5.74, 6) is 0.200. The van der Waals surface area contributed by atoms with Crippen molar-refractivity contribution in [2.75, 3.05) is 13.2 Å². The minimum Gasteiger partial charge on any atom is -0.465 e. The zero-order chi connectivity index (χ0) is 19.2. The summed E-state index contributed by atoms with van der Waals surface area (Å²) in [6.07, 6.45) is 0.486. The number of benzene rings is 2. The van der Waals surface area contributed by atoms with Gasteiger partial charge >= 0.3 is 5.97 Å². The van der Waals surface area contributed by atoms with Gasteiger partial charge in [-0.3, -0.25) is 9.59 Å². The van der Waals surface area contributed by atoms with Crippen LogP contribution in [0.4, 0.5) is 0 Å². The van der Waals surface area contributed by atoms with Crippen molar-refractivity contribution in [1.29, 1.82) is 0 Å². The number of nitrogens with one attached hydrogen (secondary N) is 1. The Labute approximate surface area is 162 Å². The molecule has 1 aromatic heterocycles. The first-order valence-electron chi connectivity index (χ1n) is 8.72. The maximum Gasteiger partial charge on any atom is 0.326 e. The highest BCUT2D eigenvalue weighted by atomic mass is 35.5. The lowest BCUT2D eigenvalue weighted by atomic mass is 10.2. The van der Waals surface area contributed by atoms with E-state index in [0.717, 1.165) is 16.9 Å². The number of aromatic nitrogens is 2. The van der Waals surface area contributed by atoms with Gasteiger partial charge in [0.05, 0.1) is 17.6 Å². The second kappa shape index (κ2) is 8.68. The highest BCUT2D eigenvalue weighted by Gasteiger charge is 2.14. The molecule has 1 heterocycles. The van der Waals surface area contributed by atoms with Gasteiger partial charge in [-0.1, -0.05) is 29.8 Å². The molecule has 140 valence electrons. The lowest BCUT2D eigenvalue weighted by Crippen LogP contribution is -2.27. The standard InChI is InChI=1S/C20H20ClN3O3/c1-2-27-19(25)13-24-17-9-4-3-8-16(17)23-18(24)10-11-22-20(26)14-6-5-7-15(21)12-14/h3-9,12H,2,10-11,13H2,1H3,(H,22,26). The van der Waals surface area contributed by atoms with Crippen molar-refractivity contribution in [3.63, 3.8) is 0 Å². The molecule has 0 saturated carbocycles. The number of halogens is 1. The highest BCUT2D eigenvalue weighted by Crippen LogP contribution is 2.17. The molecular weight excluding hydrogens is 366 g/mol. The maximum absolute atomic E-state index is 12.2. The number of esters is 1. The largest absolute Gasteiger partial charge is 0.465 e. The average molecular weight is 386 g/mol. The Morgan fingerprint density at radius 3 is 2.78 bits per heavy atom. The van der Waals surface area contributed by atoms with E-state index >= 15 is 0 Å². The normalized spacial score (nSPS) is 10.7. The van der Waals surface area contributed by atoms with Crippen LogP contribution in [0.2, 0.25) is 5.02 Å². The number of rotatable bonds is 7. The van der Waals surface area contributed by atoms with Crippen LogP contribution in [0.25, 0.3) is 11.0 Å². The van der Waals surface area contributed by atoms with Crippen LogP contribution in [0.15, 0.2) is 48.5 Å². The van der Waals surface area contributed by atoms with Gasteiger partial charge in [-0.05, 0) is 37.3 Å². The Balaban J connectivity index is 1.72. The van der Waals surface area contributed by atoms with E-state index in [1.165, 1.54) is 0 Å². The van der Waals surface area contributed by atoms with Gasteiger partial charge in [0, 0.05) is 23.6 Å². The summed E-state index contributed by atoms with van der Waals surface area (Å²) in [7, 11) is 0. The Hall–Kier alpha value is -2.86. The summed E-state index contributed by atoms with van der Waals surface area (Å²) in [5.41, 5.74) is 2.17. The van der Waals surface area contributed by atoms with E-state index in [1.807, 2.05) is 28.8 Å². The van der Waals surface area contributed by atoms with E-state index in [4.69, 9.17) is 16.3 Å². The zero-order valence-corrected chi connectivity index (χ0v) is 15.7. The number of hydrogen-bond acceptors (Lipinski definition) is 4. The van der Waals surface area contributed by atoms with Crippen molar-refractivity contribution < 1.29 is 14.3 Å². The quantitative estimate of drug-likeness (QED) is 0.634. The van der Waals surface area contributed by atoms with Crippen molar-refractivity contribution >= 4 is 34.5 Å². The average Bonchev–Trinajstić information content (AvgIpc) is 2.99. The Kier molecular flexibility index (Phi) is 6.08. The Morgan fingerprint density at radius 2 is 2.00 bits per heavy atom. The molecule has 6 nitrogen and oxygen atoms in total. The van der Waals surface area contributed by atoms with Crippen LogP contribution in [0.5, 0.6) is 0 Å². The molecule has 0 bridgehead atoms. The number of fused-ring (bicyclic) bond motifs is 1. The molecule has 3 rings (SSSR count). The summed E-state index contributed by atoms with van der Waals surface area (Å²) in [6, 6.07) is 14.4. The minimum atomic E-state index is -0.315. The topological polar surface area (TPSA) is 73.2 Å². The third-order valence-electron chi connectivity index (χ3n) is 4.05.